The van der Waals surface area contributed by atoms with Crippen molar-refractivity contribution < 1.29 is 13.9 Å². The number of benzene rings is 1. The molecule has 0 aliphatic heterocycles. The average molecular weight is 226 g/mol. The minimum atomic E-state index is -0.338. The van der Waals surface area contributed by atoms with Crippen molar-refractivity contribution in [2.45, 2.75) is 0 Å². The van der Waals surface area contributed by atoms with E-state index >= 15 is 0 Å². The van der Waals surface area contributed by atoms with Gasteiger partial charge in [0.1, 0.15) is 5.75 Å². The molecule has 2 rings (SSSR count). The summed E-state index contributed by atoms with van der Waals surface area (Å²) in [6, 6.07) is 5.23. The third kappa shape index (κ3) is 1.68. The molecule has 1 heterocycles. The first kappa shape index (κ1) is 9.98. The molecule has 5 heteroatoms. The van der Waals surface area contributed by atoms with Gasteiger partial charge in [0.15, 0.2) is 11.1 Å². The molecule has 0 atom stereocenters. The second-order valence-electron chi connectivity index (χ2n) is 2.88. The molecule has 1 aromatic heterocycles. The number of carbonyl (C=O) groups excluding carboxylic acids is 1. The number of hydrogen-bond donors (Lipinski definition) is 0. The molecule has 0 bridgehead atoms. The fourth-order valence-electron chi connectivity index (χ4n) is 1.26. The van der Waals surface area contributed by atoms with E-state index in [2.05, 4.69) is 4.98 Å². The standard InChI is InChI=1S/C10H8ClNO3/c1-14-7-3-2-4-8-9(7)12-10(15-8)6(13)5-11/h2-4H,5H2,1H3. The number of hydrogen-bond acceptors (Lipinski definition) is 4. The van der Waals surface area contributed by atoms with Crippen molar-refractivity contribution in [1.29, 1.82) is 0 Å². The second kappa shape index (κ2) is 3.90. The van der Waals surface area contributed by atoms with Gasteiger partial charge in [0, 0.05) is 0 Å². The van der Waals surface area contributed by atoms with Gasteiger partial charge in [0.25, 0.3) is 5.89 Å². The number of ketones is 1. The van der Waals surface area contributed by atoms with E-state index in [0.29, 0.717) is 16.8 Å². The van der Waals surface area contributed by atoms with E-state index in [1.54, 1.807) is 18.2 Å². The van der Waals surface area contributed by atoms with Gasteiger partial charge < -0.3 is 9.15 Å². The van der Waals surface area contributed by atoms with Crippen LogP contribution in [0.3, 0.4) is 0 Å². The van der Waals surface area contributed by atoms with Crippen molar-refractivity contribution in [2.24, 2.45) is 0 Å². The van der Waals surface area contributed by atoms with Gasteiger partial charge in [0.2, 0.25) is 5.78 Å². The molecule has 0 aliphatic rings. The van der Waals surface area contributed by atoms with Gasteiger partial charge in [-0.25, -0.2) is 4.98 Å². The number of alkyl halides is 1. The number of ether oxygens (including phenoxy) is 1. The Morgan fingerprint density at radius 1 is 1.60 bits per heavy atom. The zero-order valence-corrected chi connectivity index (χ0v) is 8.75. The molecule has 4 nitrogen and oxygen atoms in total. The van der Waals surface area contributed by atoms with Gasteiger partial charge >= 0.3 is 0 Å². The summed E-state index contributed by atoms with van der Waals surface area (Å²) >= 11 is 5.41. The third-order valence-corrected chi connectivity index (χ3v) is 2.20. The van der Waals surface area contributed by atoms with Gasteiger partial charge in [-0.05, 0) is 12.1 Å². The normalized spacial score (nSPS) is 10.5. The van der Waals surface area contributed by atoms with E-state index in [0.717, 1.165) is 0 Å². The minimum Gasteiger partial charge on any atom is -0.494 e. The quantitative estimate of drug-likeness (QED) is 0.594. The molecule has 0 fully saturated rings. The Bertz CT molecular complexity index is 506. The molecule has 2 aromatic rings. The number of para-hydroxylation sites is 1. The Labute approximate surface area is 90.8 Å². The molecule has 0 N–H and O–H groups in total. The van der Waals surface area contributed by atoms with Crippen LogP contribution < -0.4 is 4.74 Å². The van der Waals surface area contributed by atoms with E-state index in [-0.39, 0.29) is 17.6 Å². The maximum Gasteiger partial charge on any atom is 0.265 e. The van der Waals surface area contributed by atoms with Crippen molar-refractivity contribution in [2.75, 3.05) is 13.0 Å². The number of rotatable bonds is 3. The Morgan fingerprint density at radius 2 is 2.40 bits per heavy atom. The first-order valence-electron chi connectivity index (χ1n) is 4.29. The van der Waals surface area contributed by atoms with Gasteiger partial charge in [-0.3, -0.25) is 4.79 Å². The van der Waals surface area contributed by atoms with Crippen molar-refractivity contribution in [3.05, 3.63) is 24.1 Å². The summed E-state index contributed by atoms with van der Waals surface area (Å²) in [5, 5.41) is 0. The summed E-state index contributed by atoms with van der Waals surface area (Å²) in [4.78, 5) is 15.3. The molecule has 0 saturated carbocycles. The predicted molar refractivity (Wildman–Crippen MR) is 55.6 cm³/mol. The van der Waals surface area contributed by atoms with Crippen molar-refractivity contribution in [3.63, 3.8) is 0 Å². The van der Waals surface area contributed by atoms with Crippen LogP contribution in [-0.4, -0.2) is 23.8 Å². The number of oxazole rings is 1. The first-order valence-corrected chi connectivity index (χ1v) is 4.82. The zero-order valence-electron chi connectivity index (χ0n) is 7.99. The number of Topliss-reactive ketones (excluding diaryl/α,β-unsaturated/α-hetero) is 1. The summed E-state index contributed by atoms with van der Waals surface area (Å²) in [7, 11) is 1.53. The van der Waals surface area contributed by atoms with Crippen molar-refractivity contribution >= 4 is 28.5 Å². The SMILES string of the molecule is COc1cccc2oc(C(=O)CCl)nc12. The van der Waals surface area contributed by atoms with Gasteiger partial charge in [-0.2, -0.15) is 0 Å². The van der Waals surface area contributed by atoms with Crippen LogP contribution in [0.2, 0.25) is 0 Å². The van der Waals surface area contributed by atoms with Crippen molar-refractivity contribution in [3.8, 4) is 5.75 Å². The molecule has 0 radical (unpaired) electrons. The van der Waals surface area contributed by atoms with Crippen LogP contribution in [0.1, 0.15) is 10.7 Å². The topological polar surface area (TPSA) is 52.3 Å². The lowest BCUT2D eigenvalue weighted by molar-refractivity contribution is 0.0986. The fraction of sp³-hybridized carbons (Fsp3) is 0.200. The molecule has 0 saturated heterocycles. The minimum absolute atomic E-state index is 0.0181. The Hall–Kier alpha value is -1.55. The highest BCUT2D eigenvalue weighted by Gasteiger charge is 2.15. The maximum absolute atomic E-state index is 11.3. The number of nitrogens with zero attached hydrogens (tertiary/aromatic N) is 1. The fourth-order valence-corrected chi connectivity index (χ4v) is 1.38. The van der Waals surface area contributed by atoms with E-state index in [4.69, 9.17) is 20.8 Å². The van der Waals surface area contributed by atoms with Crippen LogP contribution in [0.25, 0.3) is 11.1 Å². The molecule has 78 valence electrons. The van der Waals surface area contributed by atoms with E-state index in [1.807, 2.05) is 0 Å². The number of aromatic nitrogens is 1. The smallest absolute Gasteiger partial charge is 0.265 e. The second-order valence-corrected chi connectivity index (χ2v) is 3.15. The van der Waals surface area contributed by atoms with E-state index in [1.165, 1.54) is 7.11 Å². The van der Waals surface area contributed by atoms with E-state index < -0.39 is 0 Å². The molecule has 0 amide bonds. The van der Waals surface area contributed by atoms with E-state index in [9.17, 15) is 4.79 Å². The highest BCUT2D eigenvalue weighted by molar-refractivity contribution is 6.29. The van der Waals surface area contributed by atoms with Crippen LogP contribution >= 0.6 is 11.6 Å². The molecular weight excluding hydrogens is 218 g/mol. The van der Waals surface area contributed by atoms with Gasteiger partial charge in [-0.15, -0.1) is 11.6 Å². The monoisotopic (exact) mass is 225 g/mol. The molecule has 0 spiro atoms. The zero-order chi connectivity index (χ0) is 10.8. The molecule has 0 unspecified atom stereocenters. The molecule has 15 heavy (non-hydrogen) atoms. The van der Waals surface area contributed by atoms with Crippen LogP contribution in [0.15, 0.2) is 22.6 Å². The van der Waals surface area contributed by atoms with Crippen LogP contribution in [0.4, 0.5) is 0 Å². The molecular formula is C10H8ClNO3. The number of halogens is 1. The summed E-state index contributed by atoms with van der Waals surface area (Å²) in [6.07, 6.45) is 0. The lowest BCUT2D eigenvalue weighted by atomic mass is 10.3. The number of fused-ring (bicyclic) bond motifs is 1. The summed E-state index contributed by atoms with van der Waals surface area (Å²) in [5.41, 5.74) is 1.05. The van der Waals surface area contributed by atoms with Crippen LogP contribution in [0, 0.1) is 0 Å². The largest absolute Gasteiger partial charge is 0.494 e. The predicted octanol–water partition coefficient (Wildman–Crippen LogP) is 2.26. The summed E-state index contributed by atoms with van der Waals surface area (Å²) in [5.74, 6) is 0.110. The summed E-state index contributed by atoms with van der Waals surface area (Å²) < 4.78 is 10.3. The number of carbonyl (C=O) groups is 1. The van der Waals surface area contributed by atoms with Gasteiger partial charge in [0.05, 0.1) is 13.0 Å². The Balaban J connectivity index is 2.60. The third-order valence-electron chi connectivity index (χ3n) is 1.96. The average Bonchev–Trinajstić information content (AvgIpc) is 2.71. The Kier molecular flexibility index (Phi) is 2.60. The highest BCUT2D eigenvalue weighted by Crippen LogP contribution is 2.25. The summed E-state index contributed by atoms with van der Waals surface area (Å²) in [6.45, 7) is 0. The first-order chi connectivity index (χ1) is 7.26. The van der Waals surface area contributed by atoms with Gasteiger partial charge in [-0.1, -0.05) is 6.07 Å². The van der Waals surface area contributed by atoms with Crippen LogP contribution in [0.5, 0.6) is 5.75 Å². The molecule has 1 aromatic carbocycles. The van der Waals surface area contributed by atoms with Crippen molar-refractivity contribution in [1.82, 2.24) is 4.98 Å². The van der Waals surface area contributed by atoms with Crippen LogP contribution in [-0.2, 0) is 0 Å². The lowest BCUT2D eigenvalue weighted by Crippen LogP contribution is -1.99. The highest BCUT2D eigenvalue weighted by atomic mass is 35.5. The number of methoxy groups -OCH3 is 1. The Morgan fingerprint density at radius 3 is 3.07 bits per heavy atom. The molecule has 0 aliphatic carbocycles. The lowest BCUT2D eigenvalue weighted by Gasteiger charge is -1.96. The maximum atomic E-state index is 11.3.